The van der Waals surface area contributed by atoms with Crippen LogP contribution in [0.4, 0.5) is 0 Å². The third-order valence-electron chi connectivity index (χ3n) is 6.03. The molecular weight excluding hydrogens is 482 g/mol. The Labute approximate surface area is 212 Å². The van der Waals surface area contributed by atoms with Crippen molar-refractivity contribution in [3.05, 3.63) is 92.9 Å². The first-order valence-electron chi connectivity index (χ1n) is 11.1. The number of hydrogen-bond acceptors (Lipinski definition) is 8. The van der Waals surface area contributed by atoms with Crippen molar-refractivity contribution in [2.24, 2.45) is 0 Å². The lowest BCUT2D eigenvalue weighted by Crippen LogP contribution is -2.33. The number of rotatable bonds is 9. The van der Waals surface area contributed by atoms with Crippen LogP contribution in [0.1, 0.15) is 37.2 Å². The first-order chi connectivity index (χ1) is 17.4. The maximum atomic E-state index is 13.4. The zero-order chi connectivity index (χ0) is 25.8. The molecule has 4 rings (SSSR count). The van der Waals surface area contributed by atoms with Crippen molar-refractivity contribution in [2.75, 3.05) is 27.9 Å². The molecule has 36 heavy (non-hydrogen) atoms. The van der Waals surface area contributed by atoms with Crippen molar-refractivity contribution in [2.45, 2.75) is 12.5 Å². The molecule has 1 unspecified atom stereocenters. The fraction of sp³-hybridized carbons (Fsp3) is 0.222. The van der Waals surface area contributed by atoms with Crippen LogP contribution in [0.3, 0.4) is 0 Å². The van der Waals surface area contributed by atoms with Crippen molar-refractivity contribution < 1.29 is 33.7 Å². The van der Waals surface area contributed by atoms with Gasteiger partial charge in [0, 0.05) is 6.54 Å². The van der Waals surface area contributed by atoms with Gasteiger partial charge in [-0.1, -0.05) is 24.3 Å². The van der Waals surface area contributed by atoms with Crippen molar-refractivity contribution >= 4 is 29.0 Å². The molecule has 0 spiro atoms. The van der Waals surface area contributed by atoms with Crippen LogP contribution < -0.4 is 9.47 Å². The molecule has 1 atom stereocenters. The monoisotopic (exact) mass is 507 g/mol. The Kier molecular flexibility index (Phi) is 7.40. The second kappa shape index (κ2) is 10.7. The highest BCUT2D eigenvalue weighted by Crippen LogP contribution is 2.40. The van der Waals surface area contributed by atoms with Gasteiger partial charge in [-0.15, -0.1) is 11.3 Å². The van der Waals surface area contributed by atoms with E-state index in [4.69, 9.17) is 14.2 Å². The molecule has 1 amide bonds. The molecule has 0 aliphatic carbocycles. The molecule has 1 N–H and O–H groups in total. The fourth-order valence-corrected chi connectivity index (χ4v) is 4.89. The molecule has 0 saturated carbocycles. The average Bonchev–Trinajstić information content (AvgIpc) is 3.54. The number of thiophene rings is 1. The standard InChI is InChI=1S/C27H25NO7S/c1-33-19-11-6-16(15-20(19)34-2)12-13-28-23(17-7-9-18(10-8-17)27(32)35-3)22(25(30)26(28)31)24(29)21-5-4-14-36-21/h4-11,14-15,23,30H,12-13H2,1-3H3. The van der Waals surface area contributed by atoms with E-state index < -0.39 is 29.5 Å². The number of carbonyl (C=O) groups is 3. The van der Waals surface area contributed by atoms with E-state index in [0.29, 0.717) is 33.9 Å². The molecule has 0 bridgehead atoms. The minimum absolute atomic E-state index is 0.0144. The summed E-state index contributed by atoms with van der Waals surface area (Å²) in [5, 5.41) is 12.6. The molecule has 0 radical (unpaired) electrons. The lowest BCUT2D eigenvalue weighted by Gasteiger charge is -2.27. The Balaban J connectivity index is 1.69. The second-order valence-electron chi connectivity index (χ2n) is 8.02. The summed E-state index contributed by atoms with van der Waals surface area (Å²) in [4.78, 5) is 40.3. The normalized spacial score (nSPS) is 15.2. The topological polar surface area (TPSA) is 102 Å². The third-order valence-corrected chi connectivity index (χ3v) is 6.90. The zero-order valence-corrected chi connectivity index (χ0v) is 20.8. The molecule has 2 heterocycles. The van der Waals surface area contributed by atoms with E-state index in [9.17, 15) is 19.5 Å². The summed E-state index contributed by atoms with van der Waals surface area (Å²) in [5.74, 6) is -0.952. The van der Waals surface area contributed by atoms with Crippen LogP contribution >= 0.6 is 11.3 Å². The summed E-state index contributed by atoms with van der Waals surface area (Å²) in [6, 6.07) is 14.5. The highest BCUT2D eigenvalue weighted by molar-refractivity contribution is 7.12. The van der Waals surface area contributed by atoms with E-state index in [1.807, 2.05) is 12.1 Å². The van der Waals surface area contributed by atoms with Gasteiger partial charge >= 0.3 is 5.97 Å². The first kappa shape index (κ1) is 25.0. The summed E-state index contributed by atoms with van der Waals surface area (Å²) >= 11 is 1.24. The number of amides is 1. The number of methoxy groups -OCH3 is 3. The average molecular weight is 508 g/mol. The van der Waals surface area contributed by atoms with Crippen LogP contribution in [0.5, 0.6) is 11.5 Å². The molecule has 1 aliphatic heterocycles. The molecule has 9 heteroatoms. The number of esters is 1. The van der Waals surface area contributed by atoms with Gasteiger partial charge < -0.3 is 24.2 Å². The summed E-state index contributed by atoms with van der Waals surface area (Å²) in [5.41, 5.74) is 1.83. The summed E-state index contributed by atoms with van der Waals surface area (Å²) in [6.45, 7) is 0.225. The van der Waals surface area contributed by atoms with Crippen LogP contribution in [0.15, 0.2) is 71.3 Å². The van der Waals surface area contributed by atoms with Gasteiger partial charge in [0.2, 0.25) is 5.78 Å². The van der Waals surface area contributed by atoms with Gasteiger partial charge in [0.25, 0.3) is 5.91 Å². The lowest BCUT2D eigenvalue weighted by atomic mass is 9.94. The molecular formula is C27H25NO7S. The quantitative estimate of drug-likeness (QED) is 0.339. The van der Waals surface area contributed by atoms with Gasteiger partial charge in [-0.2, -0.15) is 0 Å². The van der Waals surface area contributed by atoms with Crippen LogP contribution in [0.25, 0.3) is 0 Å². The van der Waals surface area contributed by atoms with Gasteiger partial charge in [-0.05, 0) is 53.3 Å². The number of hydrogen-bond donors (Lipinski definition) is 1. The predicted molar refractivity (Wildman–Crippen MR) is 134 cm³/mol. The number of ether oxygens (including phenoxy) is 3. The van der Waals surface area contributed by atoms with Gasteiger partial charge in [0.05, 0.1) is 43.4 Å². The van der Waals surface area contributed by atoms with E-state index in [-0.39, 0.29) is 12.1 Å². The molecule has 1 aromatic heterocycles. The smallest absolute Gasteiger partial charge is 0.337 e. The largest absolute Gasteiger partial charge is 0.503 e. The highest BCUT2D eigenvalue weighted by atomic mass is 32.1. The van der Waals surface area contributed by atoms with E-state index in [1.54, 1.807) is 62.1 Å². The molecule has 0 saturated heterocycles. The SMILES string of the molecule is COC(=O)c1ccc(C2C(C(=O)c3cccs3)=C(O)C(=O)N2CCc2ccc(OC)c(OC)c2)cc1. The second-order valence-corrected chi connectivity index (χ2v) is 8.97. The third kappa shape index (κ3) is 4.70. The van der Waals surface area contributed by atoms with Crippen LogP contribution in [0, 0.1) is 0 Å². The number of ketones is 1. The molecule has 1 aliphatic rings. The lowest BCUT2D eigenvalue weighted by molar-refractivity contribution is -0.129. The predicted octanol–water partition coefficient (Wildman–Crippen LogP) is 4.37. The van der Waals surface area contributed by atoms with Gasteiger partial charge in [-0.25, -0.2) is 4.79 Å². The molecule has 2 aromatic carbocycles. The Morgan fingerprint density at radius 3 is 2.33 bits per heavy atom. The first-order valence-corrected chi connectivity index (χ1v) is 12.0. The van der Waals surface area contributed by atoms with Gasteiger partial charge in [-0.3, -0.25) is 9.59 Å². The number of carbonyl (C=O) groups excluding carboxylic acids is 3. The van der Waals surface area contributed by atoms with E-state index >= 15 is 0 Å². The Morgan fingerprint density at radius 2 is 1.72 bits per heavy atom. The van der Waals surface area contributed by atoms with Crippen molar-refractivity contribution in [1.82, 2.24) is 4.90 Å². The zero-order valence-electron chi connectivity index (χ0n) is 20.0. The molecule has 8 nitrogen and oxygen atoms in total. The van der Waals surface area contributed by atoms with Gasteiger partial charge in [0.1, 0.15) is 0 Å². The van der Waals surface area contributed by atoms with Crippen LogP contribution in [-0.2, 0) is 16.0 Å². The highest BCUT2D eigenvalue weighted by Gasteiger charge is 2.43. The van der Waals surface area contributed by atoms with E-state index in [0.717, 1.165) is 5.56 Å². The van der Waals surface area contributed by atoms with E-state index in [1.165, 1.54) is 23.3 Å². The van der Waals surface area contributed by atoms with Crippen molar-refractivity contribution in [3.8, 4) is 11.5 Å². The number of aliphatic hydroxyl groups excluding tert-OH is 1. The number of nitrogens with zero attached hydrogens (tertiary/aromatic N) is 1. The Hall–Kier alpha value is -4.11. The Morgan fingerprint density at radius 1 is 1.00 bits per heavy atom. The number of Topliss-reactive ketones (excluding diaryl/α,β-unsaturated/α-hetero) is 1. The number of benzene rings is 2. The minimum Gasteiger partial charge on any atom is -0.503 e. The van der Waals surface area contributed by atoms with Crippen LogP contribution in [-0.4, -0.2) is 55.5 Å². The maximum absolute atomic E-state index is 13.4. The molecule has 0 fully saturated rings. The van der Waals surface area contributed by atoms with Crippen LogP contribution in [0.2, 0.25) is 0 Å². The summed E-state index contributed by atoms with van der Waals surface area (Å²) in [6.07, 6.45) is 0.441. The minimum atomic E-state index is -0.820. The van der Waals surface area contributed by atoms with Crippen molar-refractivity contribution in [1.29, 1.82) is 0 Å². The maximum Gasteiger partial charge on any atom is 0.337 e. The summed E-state index contributed by atoms with van der Waals surface area (Å²) < 4.78 is 15.4. The van der Waals surface area contributed by atoms with Gasteiger partial charge in [0.15, 0.2) is 17.3 Å². The molecule has 3 aromatic rings. The van der Waals surface area contributed by atoms with Crippen molar-refractivity contribution in [3.63, 3.8) is 0 Å². The summed E-state index contributed by atoms with van der Waals surface area (Å²) in [7, 11) is 4.39. The Bertz CT molecular complexity index is 1310. The number of aliphatic hydroxyl groups is 1. The fourth-order valence-electron chi connectivity index (χ4n) is 4.21. The molecule has 186 valence electrons. The van der Waals surface area contributed by atoms with E-state index in [2.05, 4.69) is 0 Å².